The molecule has 0 N–H and O–H groups in total. The first kappa shape index (κ1) is 19.8. The zero-order valence-corrected chi connectivity index (χ0v) is 16.8. The van der Waals surface area contributed by atoms with E-state index in [9.17, 15) is 9.18 Å². The van der Waals surface area contributed by atoms with Crippen LogP contribution in [0.25, 0.3) is 0 Å². The van der Waals surface area contributed by atoms with Crippen LogP contribution in [0.3, 0.4) is 0 Å². The number of benzene rings is 1. The first-order valence-corrected chi connectivity index (χ1v) is 10.6. The van der Waals surface area contributed by atoms with Crippen molar-refractivity contribution in [3.05, 3.63) is 60.2 Å². The van der Waals surface area contributed by atoms with Crippen LogP contribution in [-0.4, -0.2) is 66.0 Å². The van der Waals surface area contributed by atoms with E-state index in [-0.39, 0.29) is 11.7 Å². The van der Waals surface area contributed by atoms with Gasteiger partial charge in [-0.25, -0.2) is 4.39 Å². The lowest BCUT2D eigenvalue weighted by molar-refractivity contribution is -0.133. The number of piperazine rings is 1. The minimum Gasteiger partial charge on any atom is -0.369 e. The average Bonchev–Trinajstić information content (AvgIpc) is 2.79. The fraction of sp³-hybridized carbons (Fsp3) is 0.478. The number of anilines is 1. The predicted molar refractivity (Wildman–Crippen MR) is 112 cm³/mol. The van der Waals surface area contributed by atoms with Gasteiger partial charge < -0.3 is 9.80 Å². The van der Waals surface area contributed by atoms with Crippen molar-refractivity contribution in [2.45, 2.75) is 31.7 Å². The van der Waals surface area contributed by atoms with Gasteiger partial charge in [0.1, 0.15) is 5.82 Å². The molecule has 2 aliphatic heterocycles. The van der Waals surface area contributed by atoms with E-state index < -0.39 is 0 Å². The van der Waals surface area contributed by atoms with E-state index in [0.717, 1.165) is 64.2 Å². The normalized spacial score (nSPS) is 20.7. The van der Waals surface area contributed by atoms with Gasteiger partial charge in [-0.05, 0) is 61.2 Å². The largest absolute Gasteiger partial charge is 0.369 e. The van der Waals surface area contributed by atoms with E-state index in [4.69, 9.17) is 0 Å². The maximum atomic E-state index is 13.2. The van der Waals surface area contributed by atoms with E-state index in [1.165, 1.54) is 17.7 Å². The minimum atomic E-state index is -0.191. The summed E-state index contributed by atoms with van der Waals surface area (Å²) in [4.78, 5) is 23.7. The van der Waals surface area contributed by atoms with Gasteiger partial charge in [0.15, 0.2) is 0 Å². The molecule has 0 radical (unpaired) electrons. The number of hydrogen-bond acceptors (Lipinski definition) is 4. The van der Waals surface area contributed by atoms with E-state index in [2.05, 4.69) is 19.7 Å². The number of hydrogen-bond donors (Lipinski definition) is 0. The number of aryl methyl sites for hydroxylation is 1. The minimum absolute atomic E-state index is 0.191. The van der Waals surface area contributed by atoms with Gasteiger partial charge >= 0.3 is 0 Å². The second-order valence-corrected chi connectivity index (χ2v) is 7.99. The Morgan fingerprint density at radius 2 is 1.72 bits per heavy atom. The second kappa shape index (κ2) is 9.35. The van der Waals surface area contributed by atoms with Crippen molar-refractivity contribution >= 4 is 11.6 Å². The summed E-state index contributed by atoms with van der Waals surface area (Å²) in [7, 11) is 0. The topological polar surface area (TPSA) is 39.7 Å². The number of rotatable bonds is 5. The molecule has 2 fully saturated rings. The molecule has 1 amide bonds. The Morgan fingerprint density at radius 1 is 1.00 bits per heavy atom. The van der Waals surface area contributed by atoms with Crippen LogP contribution in [0, 0.1) is 5.82 Å². The molecule has 1 unspecified atom stereocenters. The summed E-state index contributed by atoms with van der Waals surface area (Å²) in [6.45, 7) is 5.57. The molecule has 1 atom stereocenters. The molecule has 29 heavy (non-hydrogen) atoms. The number of halogens is 1. The molecule has 1 aromatic carbocycles. The van der Waals surface area contributed by atoms with Crippen molar-refractivity contribution < 1.29 is 9.18 Å². The number of nitrogens with zero attached hydrogens (tertiary/aromatic N) is 4. The highest BCUT2D eigenvalue weighted by atomic mass is 19.1. The van der Waals surface area contributed by atoms with Crippen LogP contribution in [0.5, 0.6) is 0 Å². The Kier molecular flexibility index (Phi) is 6.39. The molecule has 0 aliphatic carbocycles. The molecule has 3 heterocycles. The molecule has 2 aliphatic rings. The lowest BCUT2D eigenvalue weighted by Crippen LogP contribution is -2.55. The van der Waals surface area contributed by atoms with Gasteiger partial charge in [-0.15, -0.1) is 0 Å². The second-order valence-electron chi connectivity index (χ2n) is 7.99. The maximum Gasteiger partial charge on any atom is 0.222 e. The summed E-state index contributed by atoms with van der Waals surface area (Å²) >= 11 is 0. The molecule has 6 heteroatoms. The van der Waals surface area contributed by atoms with Crippen LogP contribution in [0.2, 0.25) is 0 Å². The van der Waals surface area contributed by atoms with Crippen LogP contribution < -0.4 is 4.90 Å². The highest BCUT2D eigenvalue weighted by molar-refractivity contribution is 5.76. The van der Waals surface area contributed by atoms with E-state index in [1.54, 1.807) is 12.4 Å². The molecule has 4 rings (SSSR count). The Balaban J connectivity index is 1.26. The number of pyridine rings is 1. The summed E-state index contributed by atoms with van der Waals surface area (Å²) < 4.78 is 13.2. The van der Waals surface area contributed by atoms with Gasteiger partial charge in [-0.3, -0.25) is 14.7 Å². The highest BCUT2D eigenvalue weighted by Gasteiger charge is 2.29. The monoisotopic (exact) mass is 396 g/mol. The van der Waals surface area contributed by atoms with Gasteiger partial charge in [-0.1, -0.05) is 0 Å². The van der Waals surface area contributed by atoms with Crippen LogP contribution in [0.1, 0.15) is 24.8 Å². The van der Waals surface area contributed by atoms with E-state index in [0.29, 0.717) is 12.5 Å². The summed E-state index contributed by atoms with van der Waals surface area (Å²) in [5.41, 5.74) is 2.25. The Labute approximate surface area is 172 Å². The lowest BCUT2D eigenvalue weighted by Gasteiger charge is -2.44. The number of amides is 1. The summed E-state index contributed by atoms with van der Waals surface area (Å²) in [5.74, 6) is 0.0692. The molecule has 2 aromatic rings. The number of likely N-dealkylation sites (tertiary alicyclic amines) is 1. The quantitative estimate of drug-likeness (QED) is 0.779. The van der Waals surface area contributed by atoms with Gasteiger partial charge in [0.2, 0.25) is 5.91 Å². The zero-order valence-electron chi connectivity index (χ0n) is 16.8. The molecule has 0 spiro atoms. The third-order valence-electron chi connectivity index (χ3n) is 6.15. The Morgan fingerprint density at radius 3 is 2.45 bits per heavy atom. The fourth-order valence-corrected chi connectivity index (χ4v) is 4.44. The highest BCUT2D eigenvalue weighted by Crippen LogP contribution is 2.22. The Hall–Kier alpha value is -2.47. The molecule has 5 nitrogen and oxygen atoms in total. The average molecular weight is 397 g/mol. The van der Waals surface area contributed by atoms with Gasteiger partial charge in [-0.2, -0.15) is 0 Å². The molecule has 0 saturated carbocycles. The maximum absolute atomic E-state index is 13.2. The van der Waals surface area contributed by atoms with Gasteiger partial charge in [0.25, 0.3) is 0 Å². The SMILES string of the molecule is O=C(CCc1ccncc1)N1CCCC(N2CCN(c3ccc(F)cc3)CC2)C1. The fourth-order valence-electron chi connectivity index (χ4n) is 4.44. The summed E-state index contributed by atoms with van der Waals surface area (Å²) in [6.07, 6.45) is 7.13. The number of carbonyl (C=O) groups is 1. The molecular weight excluding hydrogens is 367 g/mol. The molecule has 154 valence electrons. The first-order valence-electron chi connectivity index (χ1n) is 10.6. The molecule has 0 bridgehead atoms. The van der Waals surface area contributed by atoms with Gasteiger partial charge in [0.05, 0.1) is 0 Å². The third kappa shape index (κ3) is 5.12. The van der Waals surface area contributed by atoms with E-state index in [1.807, 2.05) is 24.3 Å². The zero-order chi connectivity index (χ0) is 20.1. The van der Waals surface area contributed by atoms with Crippen molar-refractivity contribution in [2.24, 2.45) is 0 Å². The Bertz CT molecular complexity index is 790. The van der Waals surface area contributed by atoms with E-state index >= 15 is 0 Å². The van der Waals surface area contributed by atoms with Gasteiger partial charge in [0, 0.05) is 69.8 Å². The number of aromatic nitrogens is 1. The standard InChI is InChI=1S/C23H29FN4O/c24-20-4-6-21(7-5-20)26-14-16-27(17-15-26)22-2-1-13-28(18-22)23(29)8-3-19-9-11-25-12-10-19/h4-7,9-12,22H,1-3,8,13-18H2. The third-order valence-corrected chi connectivity index (χ3v) is 6.15. The van der Waals surface area contributed by atoms with Crippen LogP contribution >= 0.6 is 0 Å². The van der Waals surface area contributed by atoms with Crippen LogP contribution in [-0.2, 0) is 11.2 Å². The van der Waals surface area contributed by atoms with Crippen molar-refractivity contribution in [1.82, 2.24) is 14.8 Å². The molecule has 1 aromatic heterocycles. The van der Waals surface area contributed by atoms with Crippen molar-refractivity contribution in [3.8, 4) is 0 Å². The van der Waals surface area contributed by atoms with Crippen LogP contribution in [0.4, 0.5) is 10.1 Å². The smallest absolute Gasteiger partial charge is 0.222 e. The predicted octanol–water partition coefficient (Wildman–Crippen LogP) is 2.97. The summed E-state index contributed by atoms with van der Waals surface area (Å²) in [5, 5.41) is 0. The first-order chi connectivity index (χ1) is 14.2. The number of carbonyl (C=O) groups excluding carboxylic acids is 1. The summed E-state index contributed by atoms with van der Waals surface area (Å²) in [6, 6.07) is 11.2. The molecular formula is C23H29FN4O. The van der Waals surface area contributed by atoms with Crippen LogP contribution in [0.15, 0.2) is 48.8 Å². The number of piperidine rings is 1. The molecule has 2 saturated heterocycles. The van der Waals surface area contributed by atoms with Crippen molar-refractivity contribution in [2.75, 3.05) is 44.2 Å². The van der Waals surface area contributed by atoms with Crippen molar-refractivity contribution in [1.29, 1.82) is 0 Å². The lowest BCUT2D eigenvalue weighted by atomic mass is 10.0. The van der Waals surface area contributed by atoms with Crippen molar-refractivity contribution in [3.63, 3.8) is 0 Å².